The van der Waals surface area contributed by atoms with Gasteiger partial charge in [0.2, 0.25) is 5.91 Å². The number of nitrogens with one attached hydrogen (secondary N) is 1. The van der Waals surface area contributed by atoms with Crippen molar-refractivity contribution >= 4 is 21.6 Å². The molecule has 0 aromatic heterocycles. The number of nitrogens with zero attached hydrogens (tertiary/aromatic N) is 2. The van der Waals surface area contributed by atoms with Crippen LogP contribution in [0, 0.1) is 6.92 Å². The van der Waals surface area contributed by atoms with Crippen molar-refractivity contribution in [1.29, 1.82) is 0 Å². The number of hydrogen-bond acceptors (Lipinski definition) is 5. The summed E-state index contributed by atoms with van der Waals surface area (Å²) in [7, 11) is -1.88. The number of sulfonamides is 1. The number of carbonyl (C=O) groups is 1. The van der Waals surface area contributed by atoms with Gasteiger partial charge in [0, 0.05) is 6.04 Å². The summed E-state index contributed by atoms with van der Waals surface area (Å²) < 4.78 is 33.5. The van der Waals surface area contributed by atoms with E-state index in [0.717, 1.165) is 31.5 Å². The van der Waals surface area contributed by atoms with Gasteiger partial charge in [-0.1, -0.05) is 17.7 Å². The lowest BCUT2D eigenvalue weighted by Crippen LogP contribution is -2.47. The smallest absolute Gasteiger partial charge is 0.264 e. The van der Waals surface area contributed by atoms with E-state index in [9.17, 15) is 13.2 Å². The Hall–Kier alpha value is -2.58. The van der Waals surface area contributed by atoms with Crippen molar-refractivity contribution in [2.75, 3.05) is 37.6 Å². The fraction of sp³-hybridized carbons (Fsp3) is 0.435. The first-order valence-corrected chi connectivity index (χ1v) is 12.0. The fourth-order valence-electron chi connectivity index (χ4n) is 3.58. The highest BCUT2D eigenvalue weighted by Crippen LogP contribution is 2.25. The third kappa shape index (κ3) is 5.98. The molecule has 0 aliphatic carbocycles. The Labute approximate surface area is 185 Å². The van der Waals surface area contributed by atoms with Gasteiger partial charge in [-0.2, -0.15) is 0 Å². The predicted molar refractivity (Wildman–Crippen MR) is 122 cm³/mol. The van der Waals surface area contributed by atoms with Crippen molar-refractivity contribution in [1.82, 2.24) is 10.2 Å². The minimum absolute atomic E-state index is 0.0664. The monoisotopic (exact) mass is 445 g/mol. The third-order valence-electron chi connectivity index (χ3n) is 5.42. The van der Waals surface area contributed by atoms with Crippen LogP contribution >= 0.6 is 0 Å². The molecule has 2 aromatic carbocycles. The molecule has 1 aliphatic rings. The van der Waals surface area contributed by atoms with E-state index < -0.39 is 10.0 Å². The second-order valence-electron chi connectivity index (χ2n) is 7.90. The standard InChI is InChI=1S/C23H31N3O4S/c1-4-30-21-9-11-22(12-10-21)31(28,29)26(20-7-5-18(2)6-8-20)17-23(27)24-19-13-15-25(3)16-14-19/h5-12,19H,4,13-17H2,1-3H3,(H,24,27). The predicted octanol–water partition coefficient (Wildman–Crippen LogP) is 2.80. The zero-order valence-corrected chi connectivity index (χ0v) is 19.2. The van der Waals surface area contributed by atoms with E-state index in [1.54, 1.807) is 24.3 Å². The van der Waals surface area contributed by atoms with Crippen LogP contribution in [0.5, 0.6) is 5.75 Å². The molecular weight excluding hydrogens is 414 g/mol. The Bertz CT molecular complexity index is 967. The lowest BCUT2D eigenvalue weighted by molar-refractivity contribution is -0.120. The summed E-state index contributed by atoms with van der Waals surface area (Å²) in [6.07, 6.45) is 1.72. The SMILES string of the molecule is CCOc1ccc(S(=O)(=O)N(CC(=O)NC2CCN(C)CC2)c2ccc(C)cc2)cc1. The van der Waals surface area contributed by atoms with Gasteiger partial charge in [0.15, 0.2) is 0 Å². The van der Waals surface area contributed by atoms with Gasteiger partial charge < -0.3 is 15.0 Å². The Kier molecular flexibility index (Phi) is 7.56. The average molecular weight is 446 g/mol. The second kappa shape index (κ2) is 10.2. The highest BCUT2D eigenvalue weighted by molar-refractivity contribution is 7.92. The van der Waals surface area contributed by atoms with Gasteiger partial charge in [-0.25, -0.2) is 8.42 Å². The molecule has 7 nitrogen and oxygen atoms in total. The van der Waals surface area contributed by atoms with Crippen LogP contribution in [0.4, 0.5) is 5.69 Å². The van der Waals surface area contributed by atoms with Crippen LogP contribution in [-0.2, 0) is 14.8 Å². The summed E-state index contributed by atoms with van der Waals surface area (Å²) in [5.41, 5.74) is 1.47. The first-order valence-electron chi connectivity index (χ1n) is 10.6. The second-order valence-corrected chi connectivity index (χ2v) is 9.76. The largest absolute Gasteiger partial charge is 0.494 e. The van der Waals surface area contributed by atoms with Gasteiger partial charge in [0.05, 0.1) is 17.2 Å². The van der Waals surface area contributed by atoms with Gasteiger partial charge in [-0.15, -0.1) is 0 Å². The number of aryl methyl sites for hydroxylation is 1. The molecule has 31 heavy (non-hydrogen) atoms. The van der Waals surface area contributed by atoms with Crippen molar-refractivity contribution in [3.05, 3.63) is 54.1 Å². The van der Waals surface area contributed by atoms with Crippen molar-refractivity contribution in [3.8, 4) is 5.75 Å². The fourth-order valence-corrected chi connectivity index (χ4v) is 5.01. The molecule has 0 radical (unpaired) electrons. The van der Waals surface area contributed by atoms with Gasteiger partial charge in [-0.3, -0.25) is 9.10 Å². The molecule has 0 saturated carbocycles. The minimum atomic E-state index is -3.93. The number of hydrogen-bond donors (Lipinski definition) is 1. The number of rotatable bonds is 8. The Morgan fingerprint density at radius 1 is 1.10 bits per heavy atom. The number of amides is 1. The molecule has 3 rings (SSSR count). The maximum Gasteiger partial charge on any atom is 0.264 e. The number of anilines is 1. The molecule has 168 valence electrons. The summed E-state index contributed by atoms with van der Waals surface area (Å²) in [5.74, 6) is 0.299. The number of piperidine rings is 1. The van der Waals surface area contributed by atoms with Gasteiger partial charge >= 0.3 is 0 Å². The number of likely N-dealkylation sites (tertiary alicyclic amines) is 1. The summed E-state index contributed by atoms with van der Waals surface area (Å²) in [6, 6.07) is 13.5. The van der Waals surface area contributed by atoms with E-state index in [2.05, 4.69) is 17.3 Å². The molecule has 0 spiro atoms. The third-order valence-corrected chi connectivity index (χ3v) is 7.20. The van der Waals surface area contributed by atoms with Crippen molar-refractivity contribution < 1.29 is 17.9 Å². The van der Waals surface area contributed by atoms with Gasteiger partial charge in [0.25, 0.3) is 10.0 Å². The zero-order valence-electron chi connectivity index (χ0n) is 18.4. The quantitative estimate of drug-likeness (QED) is 0.676. The molecule has 0 atom stereocenters. The summed E-state index contributed by atoms with van der Waals surface area (Å²) in [4.78, 5) is 15.1. The Morgan fingerprint density at radius 2 is 1.71 bits per heavy atom. The van der Waals surface area contributed by atoms with E-state index in [0.29, 0.717) is 18.0 Å². The van der Waals surface area contributed by atoms with Gasteiger partial charge in [-0.05, 0) is 83.2 Å². The van der Waals surface area contributed by atoms with Crippen LogP contribution in [0.2, 0.25) is 0 Å². The van der Waals surface area contributed by atoms with Gasteiger partial charge in [0.1, 0.15) is 12.3 Å². The maximum atomic E-state index is 13.5. The molecule has 1 fully saturated rings. The van der Waals surface area contributed by atoms with E-state index in [-0.39, 0.29) is 23.4 Å². The molecule has 1 heterocycles. The van der Waals surface area contributed by atoms with E-state index in [1.165, 1.54) is 16.4 Å². The first-order chi connectivity index (χ1) is 14.8. The normalized spacial score (nSPS) is 15.5. The minimum Gasteiger partial charge on any atom is -0.494 e. The van der Waals surface area contributed by atoms with Crippen LogP contribution in [0.25, 0.3) is 0 Å². The van der Waals surface area contributed by atoms with Crippen LogP contribution in [0.15, 0.2) is 53.4 Å². The molecule has 0 bridgehead atoms. The van der Waals surface area contributed by atoms with Crippen LogP contribution < -0.4 is 14.4 Å². The van der Waals surface area contributed by atoms with E-state index in [4.69, 9.17) is 4.74 Å². The molecule has 1 N–H and O–H groups in total. The maximum absolute atomic E-state index is 13.5. The lowest BCUT2D eigenvalue weighted by Gasteiger charge is -2.30. The van der Waals surface area contributed by atoms with Crippen LogP contribution in [-0.4, -0.2) is 58.6 Å². The summed E-state index contributed by atoms with van der Waals surface area (Å²) >= 11 is 0. The zero-order chi connectivity index (χ0) is 22.4. The van der Waals surface area contributed by atoms with Crippen LogP contribution in [0.1, 0.15) is 25.3 Å². The number of ether oxygens (including phenoxy) is 1. The molecule has 1 aliphatic heterocycles. The topological polar surface area (TPSA) is 79.0 Å². The Balaban J connectivity index is 1.83. The highest BCUT2D eigenvalue weighted by atomic mass is 32.2. The molecule has 0 unspecified atom stereocenters. The first kappa shape index (κ1) is 23.1. The highest BCUT2D eigenvalue weighted by Gasteiger charge is 2.28. The van der Waals surface area contributed by atoms with Crippen molar-refractivity contribution in [3.63, 3.8) is 0 Å². The molecule has 8 heteroatoms. The lowest BCUT2D eigenvalue weighted by atomic mass is 10.1. The average Bonchev–Trinajstić information content (AvgIpc) is 2.75. The van der Waals surface area contributed by atoms with E-state index >= 15 is 0 Å². The van der Waals surface area contributed by atoms with E-state index in [1.807, 2.05) is 26.0 Å². The van der Waals surface area contributed by atoms with Crippen molar-refractivity contribution in [2.45, 2.75) is 37.6 Å². The van der Waals surface area contributed by atoms with Crippen LogP contribution in [0.3, 0.4) is 0 Å². The number of carbonyl (C=O) groups excluding carboxylic acids is 1. The summed E-state index contributed by atoms with van der Waals surface area (Å²) in [5, 5.41) is 3.01. The Morgan fingerprint density at radius 3 is 2.29 bits per heavy atom. The number of benzene rings is 2. The molecule has 1 saturated heterocycles. The summed E-state index contributed by atoms with van der Waals surface area (Å²) in [6.45, 7) is 5.85. The molecular formula is C23H31N3O4S. The molecule has 1 amide bonds. The molecule has 2 aromatic rings. The van der Waals surface area contributed by atoms with Crippen molar-refractivity contribution in [2.24, 2.45) is 0 Å².